The second-order valence-electron chi connectivity index (χ2n) is 5.63. The SMILES string of the molecule is C[Si]1(C)[C@H]2CC[C@H]1[C@@H]1C(O)=CC(=O)[C@H]12. The van der Waals surface area contributed by atoms with Crippen LogP contribution >= 0.6 is 0 Å². The summed E-state index contributed by atoms with van der Waals surface area (Å²) in [6.45, 7) is 4.79. The molecule has 0 aromatic rings. The molecule has 1 aliphatic carbocycles. The molecule has 2 fully saturated rings. The molecule has 2 bridgehead atoms. The largest absolute Gasteiger partial charge is 0.512 e. The number of hydrogen-bond acceptors (Lipinski definition) is 2. The minimum atomic E-state index is -1.24. The molecule has 14 heavy (non-hydrogen) atoms. The van der Waals surface area contributed by atoms with E-state index in [1.807, 2.05) is 0 Å². The van der Waals surface area contributed by atoms with Crippen LogP contribution in [0.25, 0.3) is 0 Å². The Labute approximate surface area is 85.0 Å². The van der Waals surface area contributed by atoms with Gasteiger partial charge in [-0.25, -0.2) is 0 Å². The van der Waals surface area contributed by atoms with Crippen molar-refractivity contribution in [3.63, 3.8) is 0 Å². The van der Waals surface area contributed by atoms with Crippen molar-refractivity contribution < 1.29 is 9.90 Å². The number of ketones is 1. The molecule has 2 heterocycles. The zero-order valence-corrected chi connectivity index (χ0v) is 9.66. The fourth-order valence-electron chi connectivity index (χ4n) is 4.27. The van der Waals surface area contributed by atoms with Crippen LogP contribution in [0.4, 0.5) is 0 Å². The molecule has 2 nitrogen and oxygen atoms in total. The molecule has 1 N–H and O–H groups in total. The number of allylic oxidation sites excluding steroid dienone is 2. The first-order valence-corrected chi connectivity index (χ1v) is 8.63. The molecule has 0 aromatic heterocycles. The van der Waals surface area contributed by atoms with Gasteiger partial charge in [-0.15, -0.1) is 0 Å². The van der Waals surface area contributed by atoms with Crippen molar-refractivity contribution in [2.24, 2.45) is 11.8 Å². The van der Waals surface area contributed by atoms with Crippen molar-refractivity contribution in [2.75, 3.05) is 0 Å². The van der Waals surface area contributed by atoms with Crippen LogP contribution in [0.2, 0.25) is 24.2 Å². The van der Waals surface area contributed by atoms with Gasteiger partial charge in [-0.2, -0.15) is 0 Å². The van der Waals surface area contributed by atoms with E-state index in [1.54, 1.807) is 0 Å². The van der Waals surface area contributed by atoms with E-state index < -0.39 is 8.07 Å². The number of fused-ring (bicyclic) bond motifs is 5. The number of hydrogen-bond donors (Lipinski definition) is 1. The van der Waals surface area contributed by atoms with Gasteiger partial charge in [0, 0.05) is 17.9 Å². The molecule has 3 heteroatoms. The quantitative estimate of drug-likeness (QED) is 0.621. The third-order valence-electron chi connectivity index (χ3n) is 4.91. The van der Waals surface area contributed by atoms with Crippen LogP contribution < -0.4 is 0 Å². The summed E-state index contributed by atoms with van der Waals surface area (Å²) in [6, 6.07) is 0. The molecule has 0 aromatic carbocycles. The van der Waals surface area contributed by atoms with Gasteiger partial charge in [-0.05, 0) is 11.1 Å². The van der Waals surface area contributed by atoms with E-state index in [2.05, 4.69) is 13.1 Å². The number of aliphatic hydroxyl groups excluding tert-OH is 1. The van der Waals surface area contributed by atoms with E-state index in [0.717, 1.165) is 0 Å². The lowest BCUT2D eigenvalue weighted by molar-refractivity contribution is -0.118. The first kappa shape index (κ1) is 8.71. The van der Waals surface area contributed by atoms with E-state index in [0.29, 0.717) is 16.8 Å². The number of rotatable bonds is 0. The molecule has 76 valence electrons. The van der Waals surface area contributed by atoms with Crippen molar-refractivity contribution in [1.29, 1.82) is 0 Å². The van der Waals surface area contributed by atoms with Gasteiger partial charge in [0.1, 0.15) is 0 Å². The molecule has 2 saturated heterocycles. The van der Waals surface area contributed by atoms with Crippen LogP contribution in [0.1, 0.15) is 12.8 Å². The zero-order chi connectivity index (χ0) is 10.1. The lowest BCUT2D eigenvalue weighted by Crippen LogP contribution is -2.29. The van der Waals surface area contributed by atoms with Gasteiger partial charge in [-0.3, -0.25) is 4.79 Å². The summed E-state index contributed by atoms with van der Waals surface area (Å²) in [5, 5.41) is 9.79. The highest BCUT2D eigenvalue weighted by atomic mass is 28.3. The predicted molar refractivity (Wildman–Crippen MR) is 56.9 cm³/mol. The Morgan fingerprint density at radius 3 is 2.43 bits per heavy atom. The molecule has 3 aliphatic rings. The molecule has 0 amide bonds. The standard InChI is InChI=1S/C11H16O2Si/c1-14(2)8-3-4-9(14)11-7(13)5-6(12)10(8)11/h5,8-12H,3-4H2,1-2H3/t8-,9-,10-,11-/m0/s1. The predicted octanol–water partition coefficient (Wildman–Crippen LogP) is 2.50. The van der Waals surface area contributed by atoms with Crippen LogP contribution in [0.5, 0.6) is 0 Å². The smallest absolute Gasteiger partial charge is 0.162 e. The summed E-state index contributed by atoms with van der Waals surface area (Å²) in [4.78, 5) is 11.7. The second kappa shape index (κ2) is 2.32. The van der Waals surface area contributed by atoms with Crippen LogP contribution in [0.15, 0.2) is 11.8 Å². The van der Waals surface area contributed by atoms with Gasteiger partial charge in [0.25, 0.3) is 0 Å². The van der Waals surface area contributed by atoms with E-state index >= 15 is 0 Å². The Morgan fingerprint density at radius 1 is 1.29 bits per heavy atom. The average Bonchev–Trinajstić information content (AvgIpc) is 2.63. The number of carbonyl (C=O) groups excluding carboxylic acids is 1. The molecule has 3 rings (SSSR count). The molecule has 0 unspecified atom stereocenters. The van der Waals surface area contributed by atoms with Crippen LogP contribution in [-0.4, -0.2) is 19.0 Å². The second-order valence-corrected chi connectivity index (χ2v) is 10.8. The first-order valence-electron chi connectivity index (χ1n) is 5.48. The fourth-order valence-corrected chi connectivity index (χ4v) is 9.24. The molecule has 2 aliphatic heterocycles. The van der Waals surface area contributed by atoms with E-state index in [1.165, 1.54) is 18.9 Å². The molecule has 0 spiro atoms. The summed E-state index contributed by atoms with van der Waals surface area (Å²) >= 11 is 0. The van der Waals surface area contributed by atoms with Crippen molar-refractivity contribution >= 4 is 13.9 Å². The lowest BCUT2D eigenvalue weighted by Gasteiger charge is -2.23. The van der Waals surface area contributed by atoms with Gasteiger partial charge >= 0.3 is 0 Å². The molecule has 0 radical (unpaired) electrons. The van der Waals surface area contributed by atoms with E-state index in [-0.39, 0.29) is 17.6 Å². The highest BCUT2D eigenvalue weighted by Crippen LogP contribution is 2.67. The third kappa shape index (κ3) is 0.760. The van der Waals surface area contributed by atoms with E-state index in [4.69, 9.17) is 0 Å². The lowest BCUT2D eigenvalue weighted by atomic mass is 9.80. The molecular formula is C11H16O2Si. The Morgan fingerprint density at radius 2 is 1.86 bits per heavy atom. The Hall–Kier alpha value is -0.573. The fraction of sp³-hybridized carbons (Fsp3) is 0.727. The Balaban J connectivity index is 2.09. The Kier molecular flexibility index (Phi) is 1.45. The zero-order valence-electron chi connectivity index (χ0n) is 8.66. The first-order chi connectivity index (χ1) is 6.53. The maximum absolute atomic E-state index is 11.7. The van der Waals surface area contributed by atoms with Gasteiger partial charge < -0.3 is 5.11 Å². The highest BCUT2D eigenvalue weighted by Gasteiger charge is 2.64. The molecule has 0 saturated carbocycles. The van der Waals surface area contributed by atoms with Crippen LogP contribution in [0, 0.1) is 11.8 Å². The monoisotopic (exact) mass is 208 g/mol. The summed E-state index contributed by atoms with van der Waals surface area (Å²) < 4.78 is 0. The number of carbonyl (C=O) groups is 1. The molecule has 4 atom stereocenters. The van der Waals surface area contributed by atoms with Crippen molar-refractivity contribution in [2.45, 2.75) is 37.0 Å². The summed E-state index contributed by atoms with van der Waals surface area (Å²) in [7, 11) is -1.24. The maximum Gasteiger partial charge on any atom is 0.162 e. The molecular weight excluding hydrogens is 192 g/mol. The summed E-state index contributed by atoms with van der Waals surface area (Å²) in [5.41, 5.74) is 1.31. The maximum atomic E-state index is 11.7. The summed E-state index contributed by atoms with van der Waals surface area (Å²) in [5.74, 6) is 1.01. The summed E-state index contributed by atoms with van der Waals surface area (Å²) in [6.07, 6.45) is 3.97. The van der Waals surface area contributed by atoms with E-state index in [9.17, 15) is 9.90 Å². The van der Waals surface area contributed by atoms with Crippen molar-refractivity contribution in [1.82, 2.24) is 0 Å². The van der Waals surface area contributed by atoms with Crippen LogP contribution in [-0.2, 0) is 4.79 Å². The normalized spacial score (nSPS) is 48.1. The minimum Gasteiger partial charge on any atom is -0.512 e. The van der Waals surface area contributed by atoms with Crippen molar-refractivity contribution in [3.05, 3.63) is 11.8 Å². The van der Waals surface area contributed by atoms with Gasteiger partial charge in [0.15, 0.2) is 5.78 Å². The third-order valence-corrected chi connectivity index (χ3v) is 10.0. The van der Waals surface area contributed by atoms with Crippen LogP contribution in [0.3, 0.4) is 0 Å². The van der Waals surface area contributed by atoms with Gasteiger partial charge in [0.2, 0.25) is 0 Å². The van der Waals surface area contributed by atoms with Crippen molar-refractivity contribution in [3.8, 4) is 0 Å². The topological polar surface area (TPSA) is 37.3 Å². The van der Waals surface area contributed by atoms with Gasteiger partial charge in [-0.1, -0.05) is 25.9 Å². The number of aliphatic hydroxyl groups is 1. The Bertz CT molecular complexity index is 345. The minimum absolute atomic E-state index is 0.176. The average molecular weight is 208 g/mol. The highest BCUT2D eigenvalue weighted by molar-refractivity contribution is 6.82. The van der Waals surface area contributed by atoms with Gasteiger partial charge in [0.05, 0.1) is 13.8 Å².